The molecular formula is C10H20N2O3. The van der Waals surface area contributed by atoms with Crippen LogP contribution in [0, 0.1) is 5.92 Å². The van der Waals surface area contributed by atoms with Crippen LogP contribution in [0.4, 0.5) is 0 Å². The first-order valence-corrected chi connectivity index (χ1v) is 5.45. The first-order chi connectivity index (χ1) is 7.13. The third kappa shape index (κ3) is 4.15. The molecular weight excluding hydrogens is 196 g/mol. The molecule has 0 bridgehead atoms. The SMILES string of the molecule is NC(=O)C1CCC(NCC(O)CO)CC1. The molecule has 0 radical (unpaired) electrons. The van der Waals surface area contributed by atoms with Crippen LogP contribution in [0.15, 0.2) is 0 Å². The average Bonchev–Trinajstić information content (AvgIpc) is 2.26. The topological polar surface area (TPSA) is 95.6 Å². The van der Waals surface area contributed by atoms with Crippen molar-refractivity contribution in [3.63, 3.8) is 0 Å². The molecule has 1 amide bonds. The second-order valence-electron chi connectivity index (χ2n) is 4.20. The molecule has 1 unspecified atom stereocenters. The molecule has 1 aliphatic rings. The van der Waals surface area contributed by atoms with Crippen LogP contribution in [-0.2, 0) is 4.79 Å². The Kier molecular flexibility index (Phi) is 5.01. The Hall–Kier alpha value is -0.650. The van der Waals surface area contributed by atoms with E-state index in [2.05, 4.69) is 5.32 Å². The number of aliphatic hydroxyl groups is 2. The zero-order valence-electron chi connectivity index (χ0n) is 8.85. The predicted molar refractivity (Wildman–Crippen MR) is 56.0 cm³/mol. The Labute approximate surface area is 89.7 Å². The van der Waals surface area contributed by atoms with Crippen LogP contribution in [0.5, 0.6) is 0 Å². The van der Waals surface area contributed by atoms with Gasteiger partial charge in [-0.2, -0.15) is 0 Å². The van der Waals surface area contributed by atoms with Gasteiger partial charge >= 0.3 is 0 Å². The Morgan fingerprint density at radius 2 is 2.00 bits per heavy atom. The highest BCUT2D eigenvalue weighted by Gasteiger charge is 2.24. The molecule has 5 heteroatoms. The van der Waals surface area contributed by atoms with Gasteiger partial charge in [0.25, 0.3) is 0 Å². The van der Waals surface area contributed by atoms with E-state index in [4.69, 9.17) is 15.9 Å². The van der Waals surface area contributed by atoms with Crippen molar-refractivity contribution >= 4 is 5.91 Å². The van der Waals surface area contributed by atoms with E-state index in [1.54, 1.807) is 0 Å². The number of carbonyl (C=O) groups excluding carboxylic acids is 1. The van der Waals surface area contributed by atoms with E-state index in [-0.39, 0.29) is 18.4 Å². The molecule has 0 heterocycles. The summed E-state index contributed by atoms with van der Waals surface area (Å²) in [5.41, 5.74) is 5.22. The number of rotatable bonds is 5. The van der Waals surface area contributed by atoms with Crippen LogP contribution >= 0.6 is 0 Å². The van der Waals surface area contributed by atoms with Gasteiger partial charge in [0.2, 0.25) is 5.91 Å². The molecule has 5 N–H and O–H groups in total. The monoisotopic (exact) mass is 216 g/mol. The third-order valence-corrected chi connectivity index (χ3v) is 2.98. The summed E-state index contributed by atoms with van der Waals surface area (Å²) in [7, 11) is 0. The number of primary amides is 1. The summed E-state index contributed by atoms with van der Waals surface area (Å²) < 4.78 is 0. The number of hydrogen-bond donors (Lipinski definition) is 4. The Morgan fingerprint density at radius 1 is 1.40 bits per heavy atom. The van der Waals surface area contributed by atoms with E-state index in [1.807, 2.05) is 0 Å². The summed E-state index contributed by atoms with van der Waals surface area (Å²) in [4.78, 5) is 10.9. The summed E-state index contributed by atoms with van der Waals surface area (Å²) in [5, 5.41) is 20.9. The molecule has 15 heavy (non-hydrogen) atoms. The van der Waals surface area contributed by atoms with E-state index in [0.29, 0.717) is 12.6 Å². The molecule has 0 spiro atoms. The van der Waals surface area contributed by atoms with Gasteiger partial charge in [-0.1, -0.05) is 0 Å². The zero-order valence-corrected chi connectivity index (χ0v) is 8.85. The zero-order chi connectivity index (χ0) is 11.3. The normalized spacial score (nSPS) is 28.7. The van der Waals surface area contributed by atoms with Gasteiger partial charge in [0.15, 0.2) is 0 Å². The quantitative estimate of drug-likeness (QED) is 0.472. The molecule has 1 rings (SSSR count). The van der Waals surface area contributed by atoms with Crippen molar-refractivity contribution in [2.24, 2.45) is 11.7 Å². The van der Waals surface area contributed by atoms with Gasteiger partial charge < -0.3 is 21.3 Å². The van der Waals surface area contributed by atoms with Crippen LogP contribution < -0.4 is 11.1 Å². The number of aliphatic hydroxyl groups excluding tert-OH is 2. The maximum atomic E-state index is 10.9. The first-order valence-electron chi connectivity index (χ1n) is 5.45. The van der Waals surface area contributed by atoms with Crippen molar-refractivity contribution in [3.05, 3.63) is 0 Å². The number of nitrogens with one attached hydrogen (secondary N) is 1. The average molecular weight is 216 g/mol. The van der Waals surface area contributed by atoms with Gasteiger partial charge in [-0.05, 0) is 25.7 Å². The van der Waals surface area contributed by atoms with Crippen LogP contribution in [0.25, 0.3) is 0 Å². The highest BCUT2D eigenvalue weighted by molar-refractivity contribution is 5.76. The Balaban J connectivity index is 2.17. The molecule has 88 valence electrons. The summed E-state index contributed by atoms with van der Waals surface area (Å²) in [6.07, 6.45) is 2.76. The maximum absolute atomic E-state index is 10.9. The Bertz CT molecular complexity index is 203. The molecule has 1 fully saturated rings. The number of amides is 1. The van der Waals surface area contributed by atoms with E-state index in [9.17, 15) is 4.79 Å². The minimum Gasteiger partial charge on any atom is -0.394 e. The van der Waals surface area contributed by atoms with Crippen molar-refractivity contribution in [3.8, 4) is 0 Å². The number of nitrogens with two attached hydrogens (primary N) is 1. The number of carbonyl (C=O) groups is 1. The fourth-order valence-electron chi connectivity index (χ4n) is 1.95. The van der Waals surface area contributed by atoms with Gasteiger partial charge in [0.1, 0.15) is 0 Å². The minimum atomic E-state index is -0.695. The molecule has 0 aromatic carbocycles. The molecule has 0 saturated heterocycles. The molecule has 1 aliphatic carbocycles. The van der Waals surface area contributed by atoms with E-state index in [1.165, 1.54) is 0 Å². The smallest absolute Gasteiger partial charge is 0.220 e. The fourth-order valence-corrected chi connectivity index (χ4v) is 1.95. The molecule has 5 nitrogen and oxygen atoms in total. The lowest BCUT2D eigenvalue weighted by molar-refractivity contribution is -0.122. The van der Waals surface area contributed by atoms with Gasteiger partial charge in [-0.15, -0.1) is 0 Å². The summed E-state index contributed by atoms with van der Waals surface area (Å²) in [5.74, 6) is -0.186. The third-order valence-electron chi connectivity index (χ3n) is 2.98. The summed E-state index contributed by atoms with van der Waals surface area (Å²) >= 11 is 0. The van der Waals surface area contributed by atoms with Crippen molar-refractivity contribution in [1.82, 2.24) is 5.32 Å². The van der Waals surface area contributed by atoms with Gasteiger partial charge in [0.05, 0.1) is 12.7 Å². The molecule has 0 aromatic heterocycles. The standard InChI is InChI=1S/C10H20N2O3/c11-10(15)7-1-3-8(4-2-7)12-5-9(14)6-13/h7-9,12-14H,1-6H2,(H2,11,15). The van der Waals surface area contributed by atoms with Crippen molar-refractivity contribution in [2.75, 3.05) is 13.2 Å². The number of hydrogen-bond acceptors (Lipinski definition) is 4. The highest BCUT2D eigenvalue weighted by Crippen LogP contribution is 2.23. The molecule has 0 aliphatic heterocycles. The lowest BCUT2D eigenvalue weighted by Crippen LogP contribution is -2.40. The molecule has 0 aromatic rings. The first kappa shape index (κ1) is 12.4. The van der Waals surface area contributed by atoms with E-state index < -0.39 is 6.10 Å². The van der Waals surface area contributed by atoms with E-state index in [0.717, 1.165) is 25.7 Å². The van der Waals surface area contributed by atoms with Crippen molar-refractivity contribution in [2.45, 2.75) is 37.8 Å². The second kappa shape index (κ2) is 6.05. The lowest BCUT2D eigenvalue weighted by atomic mass is 9.85. The highest BCUT2D eigenvalue weighted by atomic mass is 16.3. The van der Waals surface area contributed by atoms with E-state index >= 15 is 0 Å². The van der Waals surface area contributed by atoms with Crippen molar-refractivity contribution < 1.29 is 15.0 Å². The van der Waals surface area contributed by atoms with Crippen LogP contribution in [0.3, 0.4) is 0 Å². The predicted octanol–water partition coefficient (Wildman–Crippen LogP) is -1.03. The molecule has 1 atom stereocenters. The summed E-state index contributed by atoms with van der Waals surface area (Å²) in [6.45, 7) is 0.187. The van der Waals surface area contributed by atoms with Gasteiger partial charge in [0, 0.05) is 18.5 Å². The summed E-state index contributed by atoms with van der Waals surface area (Å²) in [6, 6.07) is 0.335. The van der Waals surface area contributed by atoms with Crippen molar-refractivity contribution in [1.29, 1.82) is 0 Å². The van der Waals surface area contributed by atoms with Gasteiger partial charge in [-0.25, -0.2) is 0 Å². The minimum absolute atomic E-state index is 0.0193. The molecule has 1 saturated carbocycles. The maximum Gasteiger partial charge on any atom is 0.220 e. The van der Waals surface area contributed by atoms with Crippen LogP contribution in [-0.4, -0.2) is 41.4 Å². The Morgan fingerprint density at radius 3 is 2.47 bits per heavy atom. The second-order valence-corrected chi connectivity index (χ2v) is 4.20. The lowest BCUT2D eigenvalue weighted by Gasteiger charge is -2.28. The van der Waals surface area contributed by atoms with Gasteiger partial charge in [-0.3, -0.25) is 4.79 Å². The largest absolute Gasteiger partial charge is 0.394 e. The van der Waals surface area contributed by atoms with Crippen LogP contribution in [0.1, 0.15) is 25.7 Å². The van der Waals surface area contributed by atoms with Crippen LogP contribution in [0.2, 0.25) is 0 Å². The fraction of sp³-hybridized carbons (Fsp3) is 0.900.